The van der Waals surface area contributed by atoms with E-state index >= 15 is 0 Å². The maximum Gasteiger partial charge on any atom is 0.119 e. The molecule has 0 saturated carbocycles. The number of hydrogen-bond acceptors (Lipinski definition) is 1. The van der Waals surface area contributed by atoms with Gasteiger partial charge in [0.1, 0.15) is 24.9 Å². The second-order valence-electron chi connectivity index (χ2n) is 8.13. The zero-order valence-corrected chi connectivity index (χ0v) is 17.3. The Morgan fingerprint density at radius 1 is 0.897 bits per heavy atom. The van der Waals surface area contributed by atoms with E-state index in [1.54, 1.807) is 12.0 Å². The topological polar surface area (TPSA) is 30.3 Å². The van der Waals surface area contributed by atoms with Crippen molar-refractivity contribution in [3.63, 3.8) is 0 Å². The fraction of sp³-hybridized carbons (Fsp3) is 0.308. The summed E-state index contributed by atoms with van der Waals surface area (Å²) in [7, 11) is 1.74. The van der Waals surface area contributed by atoms with Crippen LogP contribution in [0.2, 0.25) is 0 Å². The Bertz CT molecular complexity index is 881. The van der Waals surface area contributed by atoms with Gasteiger partial charge in [-0.25, -0.2) is 0 Å². The summed E-state index contributed by atoms with van der Waals surface area (Å²) >= 11 is 0. The maximum absolute atomic E-state index is 5.39. The molecular formula is C26H32N2O+2. The Morgan fingerprint density at radius 3 is 2.38 bits per heavy atom. The number of nitrogens with one attached hydrogen (secondary N) is 1. The molecule has 0 aromatic heterocycles. The van der Waals surface area contributed by atoms with Gasteiger partial charge in [0.05, 0.1) is 26.1 Å². The Hall–Kier alpha value is -2.62. The minimum absolute atomic E-state index is 0.578. The van der Waals surface area contributed by atoms with Crippen molar-refractivity contribution in [1.82, 2.24) is 0 Å². The summed E-state index contributed by atoms with van der Waals surface area (Å²) in [5.74, 6) is 1.52. The lowest BCUT2D eigenvalue weighted by molar-refractivity contribution is -0.928. The van der Waals surface area contributed by atoms with E-state index in [0.29, 0.717) is 12.0 Å². The van der Waals surface area contributed by atoms with Crippen LogP contribution in [0.25, 0.3) is 0 Å². The predicted molar refractivity (Wildman–Crippen MR) is 117 cm³/mol. The van der Waals surface area contributed by atoms with Gasteiger partial charge in [0.2, 0.25) is 0 Å². The molecule has 3 heteroatoms. The van der Waals surface area contributed by atoms with E-state index in [0.717, 1.165) is 18.8 Å². The van der Waals surface area contributed by atoms with Crippen LogP contribution in [0.15, 0.2) is 84.9 Å². The highest BCUT2D eigenvalue weighted by Crippen LogP contribution is 2.20. The summed E-state index contributed by atoms with van der Waals surface area (Å²) in [6, 6.07) is 31.1. The molecule has 1 aliphatic rings. The van der Waals surface area contributed by atoms with Gasteiger partial charge in [-0.3, -0.25) is 0 Å². The number of nitrogens with two attached hydrogens (primary N) is 1. The molecule has 0 aliphatic carbocycles. The third-order valence-electron chi connectivity index (χ3n) is 6.17. The van der Waals surface area contributed by atoms with Gasteiger partial charge in [-0.2, -0.15) is 0 Å². The molecule has 3 aromatic rings. The number of hydrogen-bond donors (Lipinski definition) is 2. The first-order valence-electron chi connectivity index (χ1n) is 10.7. The zero-order valence-electron chi connectivity index (χ0n) is 17.3. The fourth-order valence-corrected chi connectivity index (χ4v) is 4.62. The molecule has 3 aromatic carbocycles. The normalized spacial score (nSPS) is 21.6. The monoisotopic (exact) mass is 388 g/mol. The standard InChI is InChI=1S/C26H30N2O/c1-29-24-14-8-11-22(17-24)18-27-26-15-16-28(19-21-9-4-2-5-10-21)20-25(26)23-12-6-3-7-13-23/h2-14,17,25-27H,15-16,18-20H2,1H3/p+2/t25-,26-/m1/s1. The van der Waals surface area contributed by atoms with Crippen LogP contribution in [0, 0.1) is 0 Å². The highest BCUT2D eigenvalue weighted by Gasteiger charge is 2.35. The molecule has 0 bridgehead atoms. The van der Waals surface area contributed by atoms with Crippen molar-refractivity contribution in [2.45, 2.75) is 31.5 Å². The van der Waals surface area contributed by atoms with Crippen molar-refractivity contribution in [3.8, 4) is 5.75 Å². The Balaban J connectivity index is 1.46. The summed E-state index contributed by atoms with van der Waals surface area (Å²) < 4.78 is 5.39. The molecule has 3 nitrogen and oxygen atoms in total. The lowest BCUT2D eigenvalue weighted by Crippen LogP contribution is -3.14. The van der Waals surface area contributed by atoms with E-state index in [2.05, 4.69) is 84.2 Å². The molecule has 3 atom stereocenters. The second kappa shape index (κ2) is 9.73. The molecule has 1 saturated heterocycles. The quantitative estimate of drug-likeness (QED) is 0.640. The van der Waals surface area contributed by atoms with Crippen molar-refractivity contribution in [2.24, 2.45) is 0 Å². The molecule has 1 fully saturated rings. The van der Waals surface area contributed by atoms with Gasteiger partial charge in [0.25, 0.3) is 0 Å². The van der Waals surface area contributed by atoms with E-state index in [-0.39, 0.29) is 0 Å². The van der Waals surface area contributed by atoms with Crippen molar-refractivity contribution >= 4 is 0 Å². The Kier molecular flexibility index (Phi) is 6.60. The lowest BCUT2D eigenvalue weighted by Gasteiger charge is -2.35. The SMILES string of the molecule is COc1cccc(C[NH2+][C@@H]2CC[NH+](Cc3ccccc3)C[C@@H]2c2ccccc2)c1. The summed E-state index contributed by atoms with van der Waals surface area (Å²) in [5.41, 5.74) is 4.24. The highest BCUT2D eigenvalue weighted by molar-refractivity contribution is 5.28. The van der Waals surface area contributed by atoms with Gasteiger partial charge in [-0.15, -0.1) is 0 Å². The van der Waals surface area contributed by atoms with Crippen LogP contribution >= 0.6 is 0 Å². The van der Waals surface area contributed by atoms with Gasteiger partial charge in [0.15, 0.2) is 0 Å². The number of likely N-dealkylation sites (tertiary alicyclic amines) is 1. The zero-order chi connectivity index (χ0) is 19.9. The summed E-state index contributed by atoms with van der Waals surface area (Å²) in [6.45, 7) is 4.54. The van der Waals surface area contributed by atoms with E-state index in [1.807, 2.05) is 6.07 Å². The third kappa shape index (κ3) is 5.26. The highest BCUT2D eigenvalue weighted by atomic mass is 16.5. The van der Waals surface area contributed by atoms with Crippen LogP contribution in [0.4, 0.5) is 0 Å². The largest absolute Gasteiger partial charge is 0.497 e. The number of methoxy groups -OCH3 is 1. The minimum atomic E-state index is 0.578. The van der Waals surface area contributed by atoms with Crippen molar-refractivity contribution in [3.05, 3.63) is 102 Å². The van der Waals surface area contributed by atoms with Crippen LogP contribution in [-0.2, 0) is 13.1 Å². The summed E-state index contributed by atoms with van der Waals surface area (Å²) in [4.78, 5) is 1.69. The Labute approximate surface area is 174 Å². The van der Waals surface area contributed by atoms with E-state index in [1.165, 1.54) is 36.2 Å². The molecule has 4 rings (SSSR count). The molecule has 0 radical (unpaired) electrons. The number of rotatable bonds is 7. The number of piperidine rings is 1. The van der Waals surface area contributed by atoms with E-state index in [9.17, 15) is 0 Å². The molecule has 0 spiro atoms. The van der Waals surface area contributed by atoms with Gasteiger partial charge in [-0.05, 0) is 17.7 Å². The molecule has 29 heavy (non-hydrogen) atoms. The predicted octanol–water partition coefficient (Wildman–Crippen LogP) is 2.40. The first kappa shape index (κ1) is 19.7. The maximum atomic E-state index is 5.39. The van der Waals surface area contributed by atoms with Crippen LogP contribution in [-0.4, -0.2) is 26.2 Å². The van der Waals surface area contributed by atoms with Crippen LogP contribution in [0.1, 0.15) is 29.0 Å². The van der Waals surface area contributed by atoms with Gasteiger partial charge >= 0.3 is 0 Å². The minimum Gasteiger partial charge on any atom is -0.497 e. The molecular weight excluding hydrogens is 356 g/mol. The molecule has 1 unspecified atom stereocenters. The molecule has 1 heterocycles. The summed E-state index contributed by atoms with van der Waals surface area (Å²) in [6.07, 6.45) is 1.24. The number of ether oxygens (including phenoxy) is 1. The van der Waals surface area contributed by atoms with Gasteiger partial charge < -0.3 is 15.0 Å². The van der Waals surface area contributed by atoms with Gasteiger partial charge in [0, 0.05) is 17.5 Å². The van der Waals surface area contributed by atoms with Crippen LogP contribution < -0.4 is 15.0 Å². The molecule has 3 N–H and O–H groups in total. The van der Waals surface area contributed by atoms with Crippen molar-refractivity contribution in [1.29, 1.82) is 0 Å². The molecule has 0 amide bonds. The first-order valence-corrected chi connectivity index (χ1v) is 10.7. The van der Waals surface area contributed by atoms with Gasteiger partial charge in [-0.1, -0.05) is 72.8 Å². The smallest absolute Gasteiger partial charge is 0.119 e. The third-order valence-corrected chi connectivity index (χ3v) is 6.17. The first-order chi connectivity index (χ1) is 14.3. The van der Waals surface area contributed by atoms with Crippen LogP contribution in [0.3, 0.4) is 0 Å². The average molecular weight is 389 g/mol. The molecule has 150 valence electrons. The Morgan fingerprint density at radius 2 is 1.62 bits per heavy atom. The average Bonchev–Trinajstić information content (AvgIpc) is 2.79. The van der Waals surface area contributed by atoms with E-state index in [4.69, 9.17) is 4.74 Å². The van der Waals surface area contributed by atoms with Crippen molar-refractivity contribution in [2.75, 3.05) is 20.2 Å². The summed E-state index contributed by atoms with van der Waals surface area (Å²) in [5, 5.41) is 2.55. The van der Waals surface area contributed by atoms with Crippen LogP contribution in [0.5, 0.6) is 5.75 Å². The fourth-order valence-electron chi connectivity index (χ4n) is 4.62. The van der Waals surface area contributed by atoms with E-state index < -0.39 is 0 Å². The molecule has 1 aliphatic heterocycles. The van der Waals surface area contributed by atoms with Crippen molar-refractivity contribution < 1.29 is 15.0 Å². The number of benzene rings is 3. The lowest BCUT2D eigenvalue weighted by atomic mass is 9.85. The number of quaternary nitrogens is 2. The second-order valence-corrected chi connectivity index (χ2v) is 8.13.